The second-order valence-electron chi connectivity index (χ2n) is 9.70. The molecule has 1 N–H and O–H groups in total. The Labute approximate surface area is 243 Å². The molecule has 0 saturated carbocycles. The van der Waals surface area contributed by atoms with Crippen LogP contribution >= 0.6 is 22.6 Å². The Balaban J connectivity index is 2.05. The number of benzene rings is 3. The smallest absolute Gasteiger partial charge is 0.244 e. The standard InChI is InChI=1S/C29H33FIN3O4S/c1-21(2)18-32-29(36)27(17-22-9-5-4-6-10-22)33(19-23-11-7-8-12-26(23)30)28(35)20-34(39(3,37)38)25-15-13-24(31)14-16-25/h4-16,21,27H,17-20H2,1-3H3,(H,32,36). The molecule has 39 heavy (non-hydrogen) atoms. The number of halogens is 2. The summed E-state index contributed by atoms with van der Waals surface area (Å²) in [6, 6.07) is 21.0. The first-order chi connectivity index (χ1) is 18.5. The maximum Gasteiger partial charge on any atom is 0.244 e. The Kier molecular flexibility index (Phi) is 10.9. The normalized spacial score (nSPS) is 12.2. The van der Waals surface area contributed by atoms with Crippen molar-refractivity contribution in [2.45, 2.75) is 32.9 Å². The van der Waals surface area contributed by atoms with Crippen molar-refractivity contribution in [1.82, 2.24) is 10.2 Å². The van der Waals surface area contributed by atoms with E-state index >= 15 is 0 Å². The van der Waals surface area contributed by atoms with Gasteiger partial charge in [0.2, 0.25) is 21.8 Å². The molecule has 0 aliphatic rings. The van der Waals surface area contributed by atoms with Crippen LogP contribution in [0.4, 0.5) is 10.1 Å². The molecule has 0 heterocycles. The highest BCUT2D eigenvalue weighted by atomic mass is 127. The fourth-order valence-corrected chi connectivity index (χ4v) is 5.22. The molecule has 0 spiro atoms. The molecule has 10 heteroatoms. The van der Waals surface area contributed by atoms with E-state index in [-0.39, 0.29) is 24.4 Å². The quantitative estimate of drug-likeness (QED) is 0.287. The zero-order chi connectivity index (χ0) is 28.6. The van der Waals surface area contributed by atoms with Gasteiger partial charge < -0.3 is 10.2 Å². The SMILES string of the molecule is CC(C)CNC(=O)C(Cc1ccccc1)N(Cc1ccccc1F)C(=O)CN(c1ccc(I)cc1)S(C)(=O)=O. The summed E-state index contributed by atoms with van der Waals surface area (Å²) in [6.07, 6.45) is 1.20. The first kappa shape index (κ1) is 30.6. The van der Waals surface area contributed by atoms with Gasteiger partial charge in [-0.1, -0.05) is 62.4 Å². The number of hydrogen-bond donors (Lipinski definition) is 1. The van der Waals surface area contributed by atoms with Gasteiger partial charge in [0.1, 0.15) is 18.4 Å². The monoisotopic (exact) mass is 665 g/mol. The van der Waals surface area contributed by atoms with Crippen LogP contribution in [0, 0.1) is 15.3 Å². The van der Waals surface area contributed by atoms with Crippen LogP contribution in [0.2, 0.25) is 0 Å². The van der Waals surface area contributed by atoms with E-state index in [1.807, 2.05) is 44.2 Å². The molecule has 1 atom stereocenters. The summed E-state index contributed by atoms with van der Waals surface area (Å²) in [7, 11) is -3.86. The maximum absolute atomic E-state index is 14.8. The van der Waals surface area contributed by atoms with E-state index in [0.717, 1.165) is 19.7 Å². The molecule has 1 unspecified atom stereocenters. The second-order valence-corrected chi connectivity index (χ2v) is 12.9. The lowest BCUT2D eigenvalue weighted by molar-refractivity contribution is -0.140. The van der Waals surface area contributed by atoms with E-state index < -0.39 is 40.2 Å². The summed E-state index contributed by atoms with van der Waals surface area (Å²) in [5.41, 5.74) is 1.35. The minimum atomic E-state index is -3.86. The number of amides is 2. The molecule has 3 rings (SSSR count). The molecule has 208 valence electrons. The van der Waals surface area contributed by atoms with Crippen LogP contribution < -0.4 is 9.62 Å². The van der Waals surface area contributed by atoms with Crippen LogP contribution in [0.5, 0.6) is 0 Å². The largest absolute Gasteiger partial charge is 0.354 e. The third-order valence-electron chi connectivity index (χ3n) is 6.05. The molecule has 0 saturated heterocycles. The third kappa shape index (κ3) is 9.03. The van der Waals surface area contributed by atoms with Gasteiger partial charge in [0.15, 0.2) is 0 Å². The molecule has 0 aromatic heterocycles. The molecule has 0 fully saturated rings. The average molecular weight is 666 g/mol. The maximum atomic E-state index is 14.8. The number of carbonyl (C=O) groups is 2. The minimum Gasteiger partial charge on any atom is -0.354 e. The predicted octanol–water partition coefficient (Wildman–Crippen LogP) is 4.61. The van der Waals surface area contributed by atoms with Gasteiger partial charge in [-0.05, 0) is 64.4 Å². The van der Waals surface area contributed by atoms with Crippen molar-refractivity contribution < 1.29 is 22.4 Å². The summed E-state index contributed by atoms with van der Waals surface area (Å²) in [5, 5.41) is 2.90. The van der Waals surface area contributed by atoms with Crippen molar-refractivity contribution >= 4 is 50.1 Å². The molecular weight excluding hydrogens is 632 g/mol. The van der Waals surface area contributed by atoms with Gasteiger partial charge in [0, 0.05) is 28.6 Å². The lowest BCUT2D eigenvalue weighted by Crippen LogP contribution is -2.53. The highest BCUT2D eigenvalue weighted by Gasteiger charge is 2.33. The van der Waals surface area contributed by atoms with Gasteiger partial charge in [0.25, 0.3) is 0 Å². The zero-order valence-corrected chi connectivity index (χ0v) is 25.2. The predicted molar refractivity (Wildman–Crippen MR) is 160 cm³/mol. The minimum absolute atomic E-state index is 0.170. The Morgan fingerprint density at radius 2 is 1.56 bits per heavy atom. The van der Waals surface area contributed by atoms with Crippen molar-refractivity contribution in [2.75, 3.05) is 23.7 Å². The van der Waals surface area contributed by atoms with Crippen LogP contribution in [0.15, 0.2) is 78.9 Å². The highest BCUT2D eigenvalue weighted by molar-refractivity contribution is 14.1. The Hall–Kier alpha value is -2.99. The van der Waals surface area contributed by atoms with Gasteiger partial charge in [-0.2, -0.15) is 0 Å². The second kappa shape index (κ2) is 13.9. The molecule has 0 aliphatic heterocycles. The molecule has 0 aliphatic carbocycles. The van der Waals surface area contributed by atoms with Crippen molar-refractivity contribution in [1.29, 1.82) is 0 Å². The number of nitrogens with one attached hydrogen (secondary N) is 1. The molecule has 7 nitrogen and oxygen atoms in total. The van der Waals surface area contributed by atoms with Gasteiger partial charge in [0.05, 0.1) is 11.9 Å². The number of rotatable bonds is 12. The molecule has 0 radical (unpaired) electrons. The van der Waals surface area contributed by atoms with E-state index in [0.29, 0.717) is 12.2 Å². The van der Waals surface area contributed by atoms with Gasteiger partial charge in [-0.15, -0.1) is 0 Å². The van der Waals surface area contributed by atoms with E-state index in [2.05, 4.69) is 27.9 Å². The van der Waals surface area contributed by atoms with Crippen molar-refractivity contribution in [3.05, 3.63) is 99.4 Å². The van der Waals surface area contributed by atoms with Crippen molar-refractivity contribution in [3.63, 3.8) is 0 Å². The summed E-state index contributed by atoms with van der Waals surface area (Å²) in [5.74, 6) is -1.36. The van der Waals surface area contributed by atoms with E-state index in [9.17, 15) is 22.4 Å². The molecule has 0 bridgehead atoms. The fourth-order valence-electron chi connectivity index (χ4n) is 4.01. The van der Waals surface area contributed by atoms with E-state index in [4.69, 9.17) is 0 Å². The summed E-state index contributed by atoms with van der Waals surface area (Å²) < 4.78 is 42.2. The number of hydrogen-bond acceptors (Lipinski definition) is 4. The molecule has 2 amide bonds. The zero-order valence-electron chi connectivity index (χ0n) is 22.2. The molecule has 3 aromatic rings. The topological polar surface area (TPSA) is 86.8 Å². The van der Waals surface area contributed by atoms with Gasteiger partial charge >= 0.3 is 0 Å². The third-order valence-corrected chi connectivity index (χ3v) is 7.91. The van der Waals surface area contributed by atoms with E-state index in [1.54, 1.807) is 42.5 Å². The van der Waals surface area contributed by atoms with Crippen molar-refractivity contribution in [2.24, 2.45) is 5.92 Å². The Morgan fingerprint density at radius 1 is 0.949 bits per heavy atom. The number of anilines is 1. The van der Waals surface area contributed by atoms with E-state index in [1.165, 1.54) is 11.0 Å². The Bertz CT molecular complexity index is 1370. The molecule has 3 aromatic carbocycles. The van der Waals surface area contributed by atoms with Crippen LogP contribution in [0.3, 0.4) is 0 Å². The van der Waals surface area contributed by atoms with Gasteiger partial charge in [-0.3, -0.25) is 13.9 Å². The van der Waals surface area contributed by atoms with Crippen LogP contribution in [-0.2, 0) is 32.6 Å². The molecular formula is C29H33FIN3O4S. The number of carbonyl (C=O) groups excluding carboxylic acids is 2. The summed E-state index contributed by atoms with van der Waals surface area (Å²) in [6.45, 7) is 3.56. The lowest BCUT2D eigenvalue weighted by atomic mass is 10.0. The number of sulfonamides is 1. The van der Waals surface area contributed by atoms with Crippen LogP contribution in [0.1, 0.15) is 25.0 Å². The van der Waals surface area contributed by atoms with Crippen molar-refractivity contribution in [3.8, 4) is 0 Å². The fraction of sp³-hybridized carbons (Fsp3) is 0.310. The Morgan fingerprint density at radius 3 is 2.15 bits per heavy atom. The number of nitrogens with zero attached hydrogens (tertiary/aromatic N) is 2. The first-order valence-corrected chi connectivity index (χ1v) is 15.5. The lowest BCUT2D eigenvalue weighted by Gasteiger charge is -2.33. The first-order valence-electron chi connectivity index (χ1n) is 12.5. The summed E-state index contributed by atoms with van der Waals surface area (Å²) >= 11 is 2.11. The summed E-state index contributed by atoms with van der Waals surface area (Å²) in [4.78, 5) is 28.8. The average Bonchev–Trinajstić information content (AvgIpc) is 2.89. The van der Waals surface area contributed by atoms with Gasteiger partial charge in [-0.25, -0.2) is 12.8 Å². The van der Waals surface area contributed by atoms with Crippen LogP contribution in [0.25, 0.3) is 0 Å². The van der Waals surface area contributed by atoms with Crippen LogP contribution in [-0.4, -0.2) is 50.5 Å². The highest BCUT2D eigenvalue weighted by Crippen LogP contribution is 2.22.